The third-order valence-electron chi connectivity index (χ3n) is 3.39. The smallest absolute Gasteiger partial charge is 0.321 e. The molecule has 1 N–H and O–H groups in total. The highest BCUT2D eigenvalue weighted by Crippen LogP contribution is 2.37. The SMILES string of the molecule is O=C1Nc2ccc(I)cc2C1=Cc1ccc(F)cc1C(F)(F)F. The van der Waals surface area contributed by atoms with Crippen LogP contribution in [0, 0.1) is 9.39 Å². The first-order valence-electron chi connectivity index (χ1n) is 6.45. The van der Waals surface area contributed by atoms with E-state index >= 15 is 0 Å². The Morgan fingerprint density at radius 3 is 2.52 bits per heavy atom. The second kappa shape index (κ2) is 5.63. The van der Waals surface area contributed by atoms with Crippen LogP contribution in [0.15, 0.2) is 36.4 Å². The number of halogens is 5. The van der Waals surface area contributed by atoms with Crippen LogP contribution in [0.25, 0.3) is 11.6 Å². The lowest BCUT2D eigenvalue weighted by Gasteiger charge is -2.11. The first-order chi connectivity index (χ1) is 10.8. The average Bonchev–Trinajstić information content (AvgIpc) is 2.76. The van der Waals surface area contributed by atoms with E-state index in [2.05, 4.69) is 5.32 Å². The van der Waals surface area contributed by atoms with Crippen molar-refractivity contribution in [1.29, 1.82) is 0 Å². The molecule has 1 amide bonds. The Hall–Kier alpha value is -1.90. The highest BCUT2D eigenvalue weighted by molar-refractivity contribution is 14.1. The van der Waals surface area contributed by atoms with E-state index in [0.717, 1.165) is 21.8 Å². The zero-order valence-corrected chi connectivity index (χ0v) is 13.5. The van der Waals surface area contributed by atoms with Crippen LogP contribution in [0.3, 0.4) is 0 Å². The Morgan fingerprint density at radius 1 is 1.09 bits per heavy atom. The van der Waals surface area contributed by atoms with Crippen molar-refractivity contribution in [3.05, 3.63) is 62.5 Å². The normalized spacial score (nSPS) is 15.7. The molecule has 2 aromatic carbocycles. The molecule has 118 valence electrons. The van der Waals surface area contributed by atoms with E-state index in [0.29, 0.717) is 17.3 Å². The molecule has 3 rings (SSSR count). The summed E-state index contributed by atoms with van der Waals surface area (Å²) in [5, 5.41) is 2.60. The number of rotatable bonds is 1. The van der Waals surface area contributed by atoms with Crippen LogP contribution in [0.5, 0.6) is 0 Å². The Morgan fingerprint density at radius 2 is 1.83 bits per heavy atom. The lowest BCUT2D eigenvalue weighted by Crippen LogP contribution is -2.09. The molecule has 0 aromatic heterocycles. The Balaban J connectivity index is 2.17. The van der Waals surface area contributed by atoms with Crippen molar-refractivity contribution in [1.82, 2.24) is 0 Å². The molecule has 0 aliphatic carbocycles. The maximum Gasteiger partial charge on any atom is 0.417 e. The fraction of sp³-hybridized carbons (Fsp3) is 0.0625. The van der Waals surface area contributed by atoms with E-state index < -0.39 is 23.5 Å². The third-order valence-corrected chi connectivity index (χ3v) is 4.06. The van der Waals surface area contributed by atoms with Crippen molar-refractivity contribution in [2.24, 2.45) is 0 Å². The molecule has 0 bridgehead atoms. The van der Waals surface area contributed by atoms with Crippen LogP contribution in [0.2, 0.25) is 0 Å². The summed E-state index contributed by atoms with van der Waals surface area (Å²) in [5.41, 5.74) is -0.181. The number of anilines is 1. The first-order valence-corrected chi connectivity index (χ1v) is 7.53. The molecule has 7 heteroatoms. The molecule has 1 heterocycles. The van der Waals surface area contributed by atoms with Crippen LogP contribution < -0.4 is 5.32 Å². The third kappa shape index (κ3) is 3.10. The van der Waals surface area contributed by atoms with Gasteiger partial charge in [0, 0.05) is 20.4 Å². The van der Waals surface area contributed by atoms with Gasteiger partial charge in [0.05, 0.1) is 5.56 Å². The van der Waals surface area contributed by atoms with Gasteiger partial charge in [-0.2, -0.15) is 13.2 Å². The van der Waals surface area contributed by atoms with Gasteiger partial charge >= 0.3 is 6.18 Å². The van der Waals surface area contributed by atoms with Crippen molar-refractivity contribution in [2.45, 2.75) is 6.18 Å². The molecule has 2 aromatic rings. The van der Waals surface area contributed by atoms with Gasteiger partial charge in [-0.1, -0.05) is 6.07 Å². The second-order valence-corrected chi connectivity index (χ2v) is 6.18. The number of benzene rings is 2. The van der Waals surface area contributed by atoms with Gasteiger partial charge in [-0.15, -0.1) is 0 Å². The molecule has 23 heavy (non-hydrogen) atoms. The summed E-state index contributed by atoms with van der Waals surface area (Å²) in [6, 6.07) is 7.55. The summed E-state index contributed by atoms with van der Waals surface area (Å²) in [6.07, 6.45) is -3.57. The van der Waals surface area contributed by atoms with Gasteiger partial charge in [-0.3, -0.25) is 4.79 Å². The van der Waals surface area contributed by atoms with Gasteiger partial charge in [0.25, 0.3) is 5.91 Å². The van der Waals surface area contributed by atoms with E-state index in [1.54, 1.807) is 18.2 Å². The number of amides is 1. The van der Waals surface area contributed by atoms with Crippen molar-refractivity contribution in [2.75, 3.05) is 5.32 Å². The zero-order chi connectivity index (χ0) is 16.8. The number of hydrogen-bond donors (Lipinski definition) is 1. The summed E-state index contributed by atoms with van der Waals surface area (Å²) in [4.78, 5) is 12.0. The van der Waals surface area contributed by atoms with Crippen molar-refractivity contribution >= 4 is 45.8 Å². The summed E-state index contributed by atoms with van der Waals surface area (Å²) in [6.45, 7) is 0. The van der Waals surface area contributed by atoms with Crippen LogP contribution in [-0.2, 0) is 11.0 Å². The van der Waals surface area contributed by atoms with Gasteiger partial charge in [-0.05, 0) is 64.6 Å². The summed E-state index contributed by atoms with van der Waals surface area (Å²) >= 11 is 2.05. The Bertz CT molecular complexity index is 842. The predicted molar refractivity (Wildman–Crippen MR) is 87.1 cm³/mol. The molecule has 0 spiro atoms. The first kappa shape index (κ1) is 16.0. The van der Waals surface area contributed by atoms with Crippen molar-refractivity contribution in [3.63, 3.8) is 0 Å². The number of nitrogens with one attached hydrogen (secondary N) is 1. The maximum absolute atomic E-state index is 13.2. The summed E-state index contributed by atoms with van der Waals surface area (Å²) in [7, 11) is 0. The topological polar surface area (TPSA) is 29.1 Å². The molecule has 0 saturated heterocycles. The standard InChI is InChI=1S/C16H8F4INO/c17-9-2-1-8(13(6-9)16(18,19)20)5-12-11-7-10(21)3-4-14(11)22-15(12)23/h1-7H,(H,22,23). The van der Waals surface area contributed by atoms with E-state index in [1.165, 1.54) is 0 Å². The van der Waals surface area contributed by atoms with Crippen LogP contribution in [-0.4, -0.2) is 5.91 Å². The molecular formula is C16H8F4INO. The molecular weight excluding hydrogens is 425 g/mol. The lowest BCUT2D eigenvalue weighted by molar-refractivity contribution is -0.137. The molecule has 0 unspecified atom stereocenters. The molecule has 0 radical (unpaired) electrons. The van der Waals surface area contributed by atoms with Crippen molar-refractivity contribution in [3.8, 4) is 0 Å². The van der Waals surface area contributed by atoms with E-state index in [1.807, 2.05) is 22.6 Å². The second-order valence-electron chi connectivity index (χ2n) is 4.93. The minimum Gasteiger partial charge on any atom is -0.321 e. The average molecular weight is 433 g/mol. The maximum atomic E-state index is 13.2. The number of alkyl halides is 3. The molecule has 0 saturated carbocycles. The minimum atomic E-state index is -4.71. The molecule has 0 atom stereocenters. The van der Waals surface area contributed by atoms with Gasteiger partial charge in [-0.25, -0.2) is 4.39 Å². The minimum absolute atomic E-state index is 0.121. The number of hydrogen-bond acceptors (Lipinski definition) is 1. The molecule has 0 fully saturated rings. The van der Waals surface area contributed by atoms with Gasteiger partial charge < -0.3 is 5.32 Å². The van der Waals surface area contributed by atoms with Gasteiger partial charge in [0.1, 0.15) is 5.82 Å². The largest absolute Gasteiger partial charge is 0.417 e. The molecule has 1 aliphatic heterocycles. The van der Waals surface area contributed by atoms with Gasteiger partial charge in [0.15, 0.2) is 0 Å². The summed E-state index contributed by atoms with van der Waals surface area (Å²) < 4.78 is 53.2. The number of carbonyl (C=O) groups excluding carboxylic acids is 1. The lowest BCUT2D eigenvalue weighted by atomic mass is 10.0. The fourth-order valence-electron chi connectivity index (χ4n) is 2.36. The highest BCUT2D eigenvalue weighted by atomic mass is 127. The summed E-state index contributed by atoms with van der Waals surface area (Å²) in [5.74, 6) is -1.47. The quantitative estimate of drug-likeness (QED) is 0.386. The molecule has 2 nitrogen and oxygen atoms in total. The van der Waals surface area contributed by atoms with Crippen molar-refractivity contribution < 1.29 is 22.4 Å². The highest BCUT2D eigenvalue weighted by Gasteiger charge is 2.34. The van der Waals surface area contributed by atoms with Gasteiger partial charge in [0.2, 0.25) is 0 Å². The predicted octanol–water partition coefficient (Wildman–Crippen LogP) is 4.94. The Kier molecular flexibility index (Phi) is 3.91. The fourth-order valence-corrected chi connectivity index (χ4v) is 2.85. The Labute approximate surface area is 142 Å². The van der Waals surface area contributed by atoms with E-state index in [4.69, 9.17) is 0 Å². The van der Waals surface area contributed by atoms with E-state index in [-0.39, 0.29) is 11.1 Å². The zero-order valence-electron chi connectivity index (χ0n) is 11.3. The number of carbonyl (C=O) groups is 1. The monoisotopic (exact) mass is 433 g/mol. The van der Waals surface area contributed by atoms with Crippen LogP contribution >= 0.6 is 22.6 Å². The van der Waals surface area contributed by atoms with E-state index in [9.17, 15) is 22.4 Å². The van der Waals surface area contributed by atoms with Crippen LogP contribution in [0.4, 0.5) is 23.2 Å². The number of fused-ring (bicyclic) bond motifs is 1. The molecule has 1 aliphatic rings. The van der Waals surface area contributed by atoms with Crippen LogP contribution in [0.1, 0.15) is 16.7 Å².